The van der Waals surface area contributed by atoms with E-state index in [4.69, 9.17) is 9.84 Å². The van der Waals surface area contributed by atoms with Crippen molar-refractivity contribution in [3.05, 3.63) is 66.1 Å². The van der Waals surface area contributed by atoms with Gasteiger partial charge in [-0.25, -0.2) is 23.1 Å². The molecule has 0 aliphatic rings. The monoisotopic (exact) mass is 464 g/mol. The third kappa shape index (κ3) is 4.75. The Kier molecular flexibility index (Phi) is 6.19. The molecule has 0 radical (unpaired) electrons. The Bertz CT molecular complexity index is 1430. The molecule has 0 aliphatic heterocycles. The van der Waals surface area contributed by atoms with Crippen molar-refractivity contribution in [2.45, 2.75) is 31.2 Å². The van der Waals surface area contributed by atoms with Crippen LogP contribution in [-0.2, 0) is 16.4 Å². The van der Waals surface area contributed by atoms with Crippen molar-refractivity contribution >= 4 is 26.7 Å². The van der Waals surface area contributed by atoms with Gasteiger partial charge in [0.2, 0.25) is 0 Å². The summed E-state index contributed by atoms with van der Waals surface area (Å²) in [6.45, 7) is 4.39. The van der Waals surface area contributed by atoms with Crippen LogP contribution in [0.5, 0.6) is 5.75 Å². The van der Waals surface area contributed by atoms with E-state index in [1.165, 1.54) is 12.6 Å². The van der Waals surface area contributed by atoms with Crippen LogP contribution in [0.1, 0.15) is 31.0 Å². The quantitative estimate of drug-likeness (QED) is 0.369. The van der Waals surface area contributed by atoms with Crippen molar-refractivity contribution in [1.82, 2.24) is 19.7 Å². The fourth-order valence-corrected chi connectivity index (χ4v) is 4.02. The van der Waals surface area contributed by atoms with E-state index in [0.717, 1.165) is 28.1 Å². The average Bonchev–Trinajstić information content (AvgIpc) is 3.20. The summed E-state index contributed by atoms with van der Waals surface area (Å²) < 4.78 is 30.4. The molecule has 0 unspecified atom stereocenters. The summed E-state index contributed by atoms with van der Waals surface area (Å²) in [4.78, 5) is 9.08. The summed E-state index contributed by atoms with van der Waals surface area (Å²) in [6, 6.07) is 14.2. The SMILES string of the molecule is COc1cccc(-n2nc(C(C)C)c3c(N=NCc4ccc(S(C)(=O)=O)cc4)ncnc32)c1. The second kappa shape index (κ2) is 9.07. The summed E-state index contributed by atoms with van der Waals surface area (Å²) in [5.41, 5.74) is 3.11. The molecule has 0 fully saturated rings. The van der Waals surface area contributed by atoms with Gasteiger partial charge in [-0.3, -0.25) is 0 Å². The lowest BCUT2D eigenvalue weighted by atomic mass is 10.1. The summed E-state index contributed by atoms with van der Waals surface area (Å²) in [6.07, 6.45) is 2.63. The average molecular weight is 465 g/mol. The minimum atomic E-state index is -3.23. The van der Waals surface area contributed by atoms with Gasteiger partial charge in [0.05, 0.1) is 35.3 Å². The molecule has 0 saturated carbocycles. The number of hydrogen-bond acceptors (Lipinski definition) is 8. The van der Waals surface area contributed by atoms with E-state index in [2.05, 4.69) is 34.0 Å². The Morgan fingerprint density at radius 1 is 1.09 bits per heavy atom. The van der Waals surface area contributed by atoms with Crippen molar-refractivity contribution in [3.8, 4) is 11.4 Å². The topological polar surface area (TPSA) is 112 Å². The van der Waals surface area contributed by atoms with Gasteiger partial charge in [-0.2, -0.15) is 10.2 Å². The van der Waals surface area contributed by atoms with Crippen LogP contribution < -0.4 is 4.74 Å². The van der Waals surface area contributed by atoms with Crippen LogP contribution in [0.4, 0.5) is 5.82 Å². The maximum absolute atomic E-state index is 11.6. The van der Waals surface area contributed by atoms with Gasteiger partial charge in [-0.1, -0.05) is 32.0 Å². The summed E-state index contributed by atoms with van der Waals surface area (Å²) in [5, 5.41) is 14.2. The number of hydrogen-bond donors (Lipinski definition) is 0. The fourth-order valence-electron chi connectivity index (χ4n) is 3.39. The first-order valence-electron chi connectivity index (χ1n) is 10.3. The number of fused-ring (bicyclic) bond motifs is 1. The highest BCUT2D eigenvalue weighted by Gasteiger charge is 2.20. The third-order valence-corrected chi connectivity index (χ3v) is 6.22. The van der Waals surface area contributed by atoms with Crippen molar-refractivity contribution in [3.63, 3.8) is 0 Å². The standard InChI is InChI=1S/C23H24N6O3S/c1-15(2)21-20-22(27-26-13-16-8-10-19(11-9-16)33(4,30)31)24-14-25-23(20)29(28-21)17-6-5-7-18(12-17)32-3/h5-12,14-15H,13H2,1-4H3. The number of sulfone groups is 1. The van der Waals surface area contributed by atoms with Gasteiger partial charge < -0.3 is 4.74 Å². The van der Waals surface area contributed by atoms with Gasteiger partial charge in [0, 0.05) is 12.3 Å². The van der Waals surface area contributed by atoms with Crippen molar-refractivity contribution in [2.75, 3.05) is 13.4 Å². The molecule has 9 nitrogen and oxygen atoms in total. The highest BCUT2D eigenvalue weighted by atomic mass is 32.2. The number of benzene rings is 2. The van der Waals surface area contributed by atoms with Crippen LogP contribution in [0, 0.1) is 0 Å². The minimum absolute atomic E-state index is 0.114. The molecule has 0 aliphatic carbocycles. The molecule has 0 bridgehead atoms. The van der Waals surface area contributed by atoms with Crippen LogP contribution in [0.25, 0.3) is 16.7 Å². The molecule has 4 aromatic rings. The highest BCUT2D eigenvalue weighted by molar-refractivity contribution is 7.90. The lowest BCUT2D eigenvalue weighted by Crippen LogP contribution is -1.99. The van der Waals surface area contributed by atoms with E-state index in [1.807, 2.05) is 24.3 Å². The molecule has 33 heavy (non-hydrogen) atoms. The van der Waals surface area contributed by atoms with Crippen LogP contribution in [0.2, 0.25) is 0 Å². The fraction of sp³-hybridized carbons (Fsp3) is 0.261. The molecule has 0 saturated heterocycles. The van der Waals surface area contributed by atoms with Crippen LogP contribution in [-0.4, -0.2) is 41.5 Å². The van der Waals surface area contributed by atoms with Crippen molar-refractivity contribution < 1.29 is 13.2 Å². The lowest BCUT2D eigenvalue weighted by molar-refractivity contribution is 0.414. The molecule has 170 valence electrons. The molecule has 0 spiro atoms. The minimum Gasteiger partial charge on any atom is -0.497 e. The van der Waals surface area contributed by atoms with Crippen LogP contribution in [0.15, 0.2) is 70.0 Å². The Balaban J connectivity index is 1.70. The van der Waals surface area contributed by atoms with Crippen molar-refractivity contribution in [1.29, 1.82) is 0 Å². The zero-order chi connectivity index (χ0) is 23.6. The molecular weight excluding hydrogens is 440 g/mol. The van der Waals surface area contributed by atoms with E-state index < -0.39 is 9.84 Å². The lowest BCUT2D eigenvalue weighted by Gasteiger charge is -2.05. The normalized spacial score (nSPS) is 12.2. The van der Waals surface area contributed by atoms with Gasteiger partial charge >= 0.3 is 0 Å². The van der Waals surface area contributed by atoms with Crippen LogP contribution in [0.3, 0.4) is 0 Å². The molecule has 2 aromatic carbocycles. The molecule has 2 aromatic heterocycles. The number of methoxy groups -OCH3 is 1. The number of nitrogens with zero attached hydrogens (tertiary/aromatic N) is 6. The van der Waals surface area contributed by atoms with E-state index >= 15 is 0 Å². The van der Waals surface area contributed by atoms with Crippen molar-refractivity contribution in [2.24, 2.45) is 10.2 Å². The number of azo groups is 1. The first-order valence-corrected chi connectivity index (χ1v) is 12.2. The maximum Gasteiger partial charge on any atom is 0.188 e. The number of aromatic nitrogens is 4. The zero-order valence-electron chi connectivity index (χ0n) is 18.8. The summed E-state index contributed by atoms with van der Waals surface area (Å²) >= 11 is 0. The summed E-state index contributed by atoms with van der Waals surface area (Å²) in [5.74, 6) is 1.27. The highest BCUT2D eigenvalue weighted by Crippen LogP contribution is 2.32. The van der Waals surface area contributed by atoms with Gasteiger partial charge in [-0.15, -0.1) is 5.11 Å². The predicted octanol–water partition coefficient (Wildman–Crippen LogP) is 4.63. The maximum atomic E-state index is 11.6. The number of rotatable bonds is 7. The molecule has 0 N–H and O–H groups in total. The van der Waals surface area contributed by atoms with Gasteiger partial charge in [0.25, 0.3) is 0 Å². The summed E-state index contributed by atoms with van der Waals surface area (Å²) in [7, 11) is -1.61. The Morgan fingerprint density at radius 2 is 1.85 bits per heavy atom. The van der Waals surface area contributed by atoms with E-state index in [-0.39, 0.29) is 17.4 Å². The first-order chi connectivity index (χ1) is 15.8. The Hall–Kier alpha value is -3.66. The predicted molar refractivity (Wildman–Crippen MR) is 125 cm³/mol. The van der Waals surface area contributed by atoms with Gasteiger partial charge in [0.1, 0.15) is 12.1 Å². The Morgan fingerprint density at radius 3 is 2.52 bits per heavy atom. The third-order valence-electron chi connectivity index (χ3n) is 5.09. The van der Waals surface area contributed by atoms with E-state index in [0.29, 0.717) is 11.5 Å². The molecule has 10 heteroatoms. The molecule has 4 rings (SSSR count). The molecule has 0 amide bonds. The van der Waals surface area contributed by atoms with E-state index in [9.17, 15) is 8.42 Å². The molecule has 0 atom stereocenters. The molecule has 2 heterocycles. The number of ether oxygens (including phenoxy) is 1. The van der Waals surface area contributed by atoms with Gasteiger partial charge in [-0.05, 0) is 35.7 Å². The molecular formula is C23H24N6O3S. The first kappa shape index (κ1) is 22.5. The van der Waals surface area contributed by atoms with Crippen LogP contribution >= 0.6 is 0 Å². The van der Waals surface area contributed by atoms with Gasteiger partial charge in [0.15, 0.2) is 21.3 Å². The second-order valence-corrected chi connectivity index (χ2v) is 9.88. The Labute approximate surface area is 192 Å². The second-order valence-electron chi connectivity index (χ2n) is 7.86. The largest absolute Gasteiger partial charge is 0.497 e. The smallest absolute Gasteiger partial charge is 0.188 e. The van der Waals surface area contributed by atoms with E-state index in [1.54, 1.807) is 36.1 Å². The zero-order valence-corrected chi connectivity index (χ0v) is 19.6.